The third-order valence-corrected chi connectivity index (χ3v) is 3.25. The summed E-state index contributed by atoms with van der Waals surface area (Å²) in [7, 11) is 0. The Labute approximate surface area is 68.5 Å². The van der Waals surface area contributed by atoms with Crippen molar-refractivity contribution in [3.05, 3.63) is 0 Å². The lowest BCUT2D eigenvalue weighted by Crippen LogP contribution is -2.55. The highest BCUT2D eigenvalue weighted by molar-refractivity contribution is 5.03. The van der Waals surface area contributed by atoms with Crippen LogP contribution in [-0.2, 0) is 0 Å². The van der Waals surface area contributed by atoms with E-state index in [0.29, 0.717) is 5.54 Å². The molecule has 0 aromatic heterocycles. The van der Waals surface area contributed by atoms with Gasteiger partial charge >= 0.3 is 0 Å². The lowest BCUT2D eigenvalue weighted by Gasteiger charge is -2.37. The highest BCUT2D eigenvalue weighted by Gasteiger charge is 2.44. The average Bonchev–Trinajstić information content (AvgIpc) is 2.88. The Bertz CT molecular complexity index is 134. The summed E-state index contributed by atoms with van der Waals surface area (Å²) in [6.07, 6.45) is 6.84. The summed E-state index contributed by atoms with van der Waals surface area (Å²) < 4.78 is 0. The van der Waals surface area contributed by atoms with Gasteiger partial charge in [-0.1, -0.05) is 6.42 Å². The van der Waals surface area contributed by atoms with E-state index >= 15 is 0 Å². The zero-order valence-electron chi connectivity index (χ0n) is 7.10. The maximum atomic E-state index is 5.82. The molecule has 1 saturated carbocycles. The van der Waals surface area contributed by atoms with E-state index in [1.807, 2.05) is 0 Å². The van der Waals surface area contributed by atoms with E-state index in [4.69, 9.17) is 5.73 Å². The van der Waals surface area contributed by atoms with Gasteiger partial charge in [-0.15, -0.1) is 0 Å². The minimum atomic E-state index is 0.359. The van der Waals surface area contributed by atoms with Crippen LogP contribution < -0.4 is 11.1 Å². The molecular formula is C9H18N2. The van der Waals surface area contributed by atoms with Crippen molar-refractivity contribution in [2.24, 2.45) is 11.7 Å². The molecule has 0 aromatic carbocycles. The van der Waals surface area contributed by atoms with Crippen molar-refractivity contribution in [3.8, 4) is 0 Å². The molecule has 2 heteroatoms. The van der Waals surface area contributed by atoms with Crippen molar-refractivity contribution in [2.75, 3.05) is 13.1 Å². The molecule has 1 aliphatic carbocycles. The fourth-order valence-corrected chi connectivity index (χ4v) is 2.32. The van der Waals surface area contributed by atoms with E-state index in [-0.39, 0.29) is 0 Å². The molecule has 2 aliphatic rings. The normalized spacial score (nSPS) is 39.0. The van der Waals surface area contributed by atoms with Gasteiger partial charge in [0.25, 0.3) is 0 Å². The van der Waals surface area contributed by atoms with Crippen LogP contribution in [0.4, 0.5) is 0 Å². The van der Waals surface area contributed by atoms with Gasteiger partial charge < -0.3 is 11.1 Å². The summed E-state index contributed by atoms with van der Waals surface area (Å²) in [4.78, 5) is 0. The molecule has 1 atom stereocenters. The van der Waals surface area contributed by atoms with Crippen LogP contribution in [0.5, 0.6) is 0 Å². The maximum absolute atomic E-state index is 5.82. The Morgan fingerprint density at radius 1 is 1.36 bits per heavy atom. The van der Waals surface area contributed by atoms with Crippen molar-refractivity contribution in [3.63, 3.8) is 0 Å². The Morgan fingerprint density at radius 2 is 2.18 bits per heavy atom. The number of hydrogen-bond donors (Lipinski definition) is 2. The SMILES string of the molecule is NCC1(C2CC2)CCCCN1. The summed E-state index contributed by atoms with van der Waals surface area (Å²) in [5, 5.41) is 3.62. The van der Waals surface area contributed by atoms with Crippen molar-refractivity contribution in [2.45, 2.75) is 37.6 Å². The lowest BCUT2D eigenvalue weighted by molar-refractivity contribution is 0.228. The van der Waals surface area contributed by atoms with E-state index < -0.39 is 0 Å². The molecule has 1 unspecified atom stereocenters. The molecule has 0 amide bonds. The summed E-state index contributed by atoms with van der Waals surface area (Å²) in [5.74, 6) is 0.910. The van der Waals surface area contributed by atoms with Crippen molar-refractivity contribution in [1.82, 2.24) is 5.32 Å². The standard InChI is InChI=1S/C9H18N2/c10-7-9(8-3-4-8)5-1-2-6-11-9/h8,11H,1-7,10H2. The molecule has 1 heterocycles. The molecule has 2 rings (SSSR count). The number of hydrogen-bond acceptors (Lipinski definition) is 2. The molecular weight excluding hydrogens is 136 g/mol. The van der Waals surface area contributed by atoms with E-state index in [1.165, 1.54) is 38.6 Å². The molecule has 3 N–H and O–H groups in total. The maximum Gasteiger partial charge on any atom is 0.0332 e. The first-order valence-corrected chi connectivity index (χ1v) is 4.82. The van der Waals surface area contributed by atoms with Crippen LogP contribution in [0.3, 0.4) is 0 Å². The second-order valence-corrected chi connectivity index (χ2v) is 4.02. The molecule has 0 bridgehead atoms. The first kappa shape index (κ1) is 7.56. The zero-order valence-corrected chi connectivity index (χ0v) is 7.10. The number of nitrogens with one attached hydrogen (secondary N) is 1. The molecule has 0 radical (unpaired) electrons. The second kappa shape index (κ2) is 2.76. The smallest absolute Gasteiger partial charge is 0.0332 e. The van der Waals surface area contributed by atoms with E-state index in [0.717, 1.165) is 12.5 Å². The number of nitrogens with two attached hydrogens (primary N) is 1. The summed E-state index contributed by atoms with van der Waals surface area (Å²) in [6.45, 7) is 2.03. The van der Waals surface area contributed by atoms with Crippen LogP contribution in [0, 0.1) is 5.92 Å². The van der Waals surface area contributed by atoms with Gasteiger partial charge in [-0.2, -0.15) is 0 Å². The van der Waals surface area contributed by atoms with Crippen LogP contribution in [-0.4, -0.2) is 18.6 Å². The van der Waals surface area contributed by atoms with E-state index in [2.05, 4.69) is 5.32 Å². The first-order chi connectivity index (χ1) is 5.37. The summed E-state index contributed by atoms with van der Waals surface area (Å²) >= 11 is 0. The van der Waals surface area contributed by atoms with Gasteiger partial charge in [0.1, 0.15) is 0 Å². The number of rotatable bonds is 2. The van der Waals surface area contributed by atoms with Crippen LogP contribution in [0.2, 0.25) is 0 Å². The van der Waals surface area contributed by atoms with E-state index in [9.17, 15) is 0 Å². The highest BCUT2D eigenvalue weighted by Crippen LogP contribution is 2.42. The van der Waals surface area contributed by atoms with Gasteiger partial charge in [0.15, 0.2) is 0 Å². The molecule has 2 nitrogen and oxygen atoms in total. The number of piperidine rings is 1. The van der Waals surface area contributed by atoms with Crippen LogP contribution >= 0.6 is 0 Å². The van der Waals surface area contributed by atoms with Crippen molar-refractivity contribution in [1.29, 1.82) is 0 Å². The van der Waals surface area contributed by atoms with Gasteiger partial charge in [0.05, 0.1) is 0 Å². The van der Waals surface area contributed by atoms with Gasteiger partial charge in [0.2, 0.25) is 0 Å². The fourth-order valence-electron chi connectivity index (χ4n) is 2.32. The third-order valence-electron chi connectivity index (χ3n) is 3.25. The molecule has 1 aliphatic heterocycles. The first-order valence-electron chi connectivity index (χ1n) is 4.82. The predicted molar refractivity (Wildman–Crippen MR) is 46.4 cm³/mol. The molecule has 0 aromatic rings. The van der Waals surface area contributed by atoms with Gasteiger partial charge in [-0.05, 0) is 38.1 Å². The minimum absolute atomic E-state index is 0.359. The Kier molecular flexibility index (Phi) is 1.90. The summed E-state index contributed by atoms with van der Waals surface area (Å²) in [5.41, 5.74) is 6.18. The van der Waals surface area contributed by atoms with Crippen LogP contribution in [0.25, 0.3) is 0 Å². The molecule has 2 fully saturated rings. The predicted octanol–water partition coefficient (Wildman–Crippen LogP) is 0.867. The zero-order chi connectivity index (χ0) is 7.73. The molecule has 0 spiro atoms. The van der Waals surface area contributed by atoms with E-state index in [1.54, 1.807) is 0 Å². The highest BCUT2D eigenvalue weighted by atomic mass is 15.0. The fraction of sp³-hybridized carbons (Fsp3) is 1.00. The van der Waals surface area contributed by atoms with Crippen molar-refractivity contribution < 1.29 is 0 Å². The van der Waals surface area contributed by atoms with Gasteiger partial charge in [-0.3, -0.25) is 0 Å². The van der Waals surface area contributed by atoms with Gasteiger partial charge in [0, 0.05) is 12.1 Å². The van der Waals surface area contributed by atoms with Crippen LogP contribution in [0.15, 0.2) is 0 Å². The molecule has 11 heavy (non-hydrogen) atoms. The quantitative estimate of drug-likeness (QED) is 0.619. The van der Waals surface area contributed by atoms with Crippen molar-refractivity contribution >= 4 is 0 Å². The Hall–Kier alpha value is -0.0800. The largest absolute Gasteiger partial charge is 0.329 e. The lowest BCUT2D eigenvalue weighted by atomic mass is 9.84. The van der Waals surface area contributed by atoms with Crippen LogP contribution in [0.1, 0.15) is 32.1 Å². The monoisotopic (exact) mass is 154 g/mol. The van der Waals surface area contributed by atoms with Gasteiger partial charge in [-0.25, -0.2) is 0 Å². The molecule has 64 valence electrons. The summed E-state index contributed by atoms with van der Waals surface area (Å²) in [6, 6.07) is 0. The second-order valence-electron chi connectivity index (χ2n) is 4.02. The Balaban J connectivity index is 2.01. The minimum Gasteiger partial charge on any atom is -0.329 e. The Morgan fingerprint density at radius 3 is 2.64 bits per heavy atom. The topological polar surface area (TPSA) is 38.0 Å². The molecule has 1 saturated heterocycles. The average molecular weight is 154 g/mol. The third kappa shape index (κ3) is 1.30.